The predicted octanol–water partition coefficient (Wildman–Crippen LogP) is 4.90. The third kappa shape index (κ3) is 6.06. The number of hydrogen-bond donors (Lipinski definition) is 1. The maximum Gasteiger partial charge on any atom is 0.374 e. The van der Waals surface area contributed by atoms with Gasteiger partial charge in [0.15, 0.2) is 23.7 Å². The van der Waals surface area contributed by atoms with Crippen molar-refractivity contribution in [3.63, 3.8) is 0 Å². The summed E-state index contributed by atoms with van der Waals surface area (Å²) in [6, 6.07) is 0.215. The van der Waals surface area contributed by atoms with E-state index in [-0.39, 0.29) is 67.0 Å². The van der Waals surface area contributed by atoms with E-state index in [4.69, 9.17) is 27.5 Å². The number of aromatic nitrogens is 3. The fraction of sp³-hybridized carbons (Fsp3) is 0.438. The number of ether oxygens (including phenoxy) is 3. The van der Waals surface area contributed by atoms with Gasteiger partial charge in [-0.25, -0.2) is 14.6 Å². The number of H-pyrrole nitrogens is 1. The molecule has 0 bridgehead atoms. The number of nitrogens with zero attached hydrogens (tertiary/aromatic N) is 3. The van der Waals surface area contributed by atoms with Crippen LogP contribution in [0.1, 0.15) is 109 Å². The molecule has 14 heteroatoms. The van der Waals surface area contributed by atoms with Gasteiger partial charge in [0.1, 0.15) is 17.7 Å². The lowest BCUT2D eigenvalue weighted by Gasteiger charge is -2.24. The molecule has 6 rings (SSSR count). The van der Waals surface area contributed by atoms with E-state index in [0.29, 0.717) is 78.4 Å². The average Bonchev–Trinajstić information content (AvgIpc) is 3.84. The third-order valence-electron chi connectivity index (χ3n) is 8.04. The van der Waals surface area contributed by atoms with E-state index in [1.54, 1.807) is 18.7 Å². The Labute approximate surface area is 263 Å². The number of carbonyl (C=O) groups excluding carboxylic acids is 4. The number of fused-ring (bicyclic) bond motifs is 2. The fourth-order valence-electron chi connectivity index (χ4n) is 5.84. The Morgan fingerprint density at radius 2 is 1.78 bits per heavy atom. The van der Waals surface area contributed by atoms with Gasteiger partial charge < -0.3 is 37.3 Å². The van der Waals surface area contributed by atoms with Crippen molar-refractivity contribution in [1.82, 2.24) is 15.0 Å². The number of esters is 2. The highest BCUT2D eigenvalue weighted by molar-refractivity contribution is 6.05. The Kier molecular flexibility index (Phi) is 8.77. The zero-order chi connectivity index (χ0) is 32.4. The van der Waals surface area contributed by atoms with E-state index in [2.05, 4.69) is 15.0 Å². The van der Waals surface area contributed by atoms with Gasteiger partial charge >= 0.3 is 18.0 Å². The number of anilines is 1. The fourth-order valence-corrected chi connectivity index (χ4v) is 5.84. The standard InChI is InChI=1S/C32H34N4O10/c1-4-8-43-30(39)27-17(2)25-20(34-27)14-36(15-22(25)38)32-35-24(16-45-32)41-9-5-6-10-44-31(40)28-18(3)26-21(37)12-19(13-23(26)46-28)29-33-7-11-42-29/h7,11,16,19,34H,4-6,8-10,12-15H2,1-3H3. The van der Waals surface area contributed by atoms with E-state index >= 15 is 0 Å². The van der Waals surface area contributed by atoms with Crippen LogP contribution in [-0.2, 0) is 22.4 Å². The van der Waals surface area contributed by atoms with Crippen LogP contribution in [0.3, 0.4) is 0 Å². The van der Waals surface area contributed by atoms with Crippen molar-refractivity contribution < 1.29 is 46.6 Å². The first-order valence-electron chi connectivity index (χ1n) is 15.2. The highest BCUT2D eigenvalue weighted by Gasteiger charge is 2.36. The number of oxazole rings is 2. The van der Waals surface area contributed by atoms with Crippen LogP contribution in [0.2, 0.25) is 0 Å². The molecule has 0 fully saturated rings. The average molecular weight is 635 g/mol. The second kappa shape index (κ2) is 13.1. The van der Waals surface area contributed by atoms with E-state index < -0.39 is 11.9 Å². The molecule has 5 heterocycles. The molecule has 14 nitrogen and oxygen atoms in total. The lowest BCUT2D eigenvalue weighted by Crippen LogP contribution is -2.35. The Balaban J connectivity index is 0.960. The molecule has 1 N–H and O–H groups in total. The Morgan fingerprint density at radius 3 is 2.57 bits per heavy atom. The minimum absolute atomic E-state index is 0.0308. The molecule has 1 atom stereocenters. The normalized spacial score (nSPS) is 15.9. The molecule has 1 aliphatic heterocycles. The van der Waals surface area contributed by atoms with Gasteiger partial charge in [-0.2, -0.15) is 4.98 Å². The highest BCUT2D eigenvalue weighted by Crippen LogP contribution is 2.36. The minimum Gasteiger partial charge on any atom is -0.475 e. The van der Waals surface area contributed by atoms with Crippen molar-refractivity contribution in [2.75, 3.05) is 31.3 Å². The van der Waals surface area contributed by atoms with Crippen molar-refractivity contribution in [1.29, 1.82) is 0 Å². The van der Waals surface area contributed by atoms with Gasteiger partial charge in [-0.05, 0) is 38.7 Å². The molecule has 46 heavy (non-hydrogen) atoms. The van der Waals surface area contributed by atoms with Crippen LogP contribution in [0.25, 0.3) is 0 Å². The first kappa shape index (κ1) is 30.9. The lowest BCUT2D eigenvalue weighted by molar-refractivity contribution is 0.0452. The van der Waals surface area contributed by atoms with Crippen LogP contribution in [0.5, 0.6) is 5.88 Å². The molecule has 0 saturated carbocycles. The zero-order valence-electron chi connectivity index (χ0n) is 25.8. The summed E-state index contributed by atoms with van der Waals surface area (Å²) in [5.74, 6) is -0.439. The number of ketones is 2. The minimum atomic E-state index is -0.629. The molecule has 1 aliphatic carbocycles. The number of hydrogen-bond acceptors (Lipinski definition) is 13. The maximum atomic E-state index is 12.9. The number of unbranched alkanes of at least 4 members (excludes halogenated alkanes) is 1. The van der Waals surface area contributed by atoms with Gasteiger partial charge in [0.2, 0.25) is 5.76 Å². The second-order valence-electron chi connectivity index (χ2n) is 11.3. The van der Waals surface area contributed by atoms with Gasteiger partial charge in [-0.1, -0.05) is 6.92 Å². The van der Waals surface area contributed by atoms with Crippen molar-refractivity contribution in [3.8, 4) is 5.88 Å². The second-order valence-corrected chi connectivity index (χ2v) is 11.3. The van der Waals surface area contributed by atoms with E-state index in [1.807, 2.05) is 6.92 Å². The van der Waals surface area contributed by atoms with Crippen LogP contribution in [-0.4, -0.2) is 64.8 Å². The van der Waals surface area contributed by atoms with E-state index in [1.165, 1.54) is 18.7 Å². The Bertz CT molecular complexity index is 1760. The maximum absolute atomic E-state index is 12.9. The third-order valence-corrected chi connectivity index (χ3v) is 8.04. The summed E-state index contributed by atoms with van der Waals surface area (Å²) >= 11 is 0. The van der Waals surface area contributed by atoms with Crippen LogP contribution in [0.4, 0.5) is 6.01 Å². The smallest absolute Gasteiger partial charge is 0.374 e. The quantitative estimate of drug-likeness (QED) is 0.164. The molecule has 0 saturated heterocycles. The van der Waals surface area contributed by atoms with Crippen LogP contribution < -0.4 is 9.64 Å². The highest BCUT2D eigenvalue weighted by atomic mass is 16.5. The summed E-state index contributed by atoms with van der Waals surface area (Å²) in [6.45, 7) is 6.37. The summed E-state index contributed by atoms with van der Waals surface area (Å²) in [7, 11) is 0. The zero-order valence-corrected chi connectivity index (χ0v) is 25.8. The number of rotatable bonds is 12. The lowest BCUT2D eigenvalue weighted by atomic mass is 9.85. The molecule has 2 aliphatic rings. The first-order valence-corrected chi connectivity index (χ1v) is 15.2. The van der Waals surface area contributed by atoms with Gasteiger partial charge in [-0.3, -0.25) is 9.59 Å². The summed E-state index contributed by atoms with van der Waals surface area (Å²) in [5, 5.41) is 0. The SMILES string of the molecule is CCCOC(=O)c1[nH]c2c(c1C)C(=O)CN(c1nc(OCCCCOC(=O)c3oc4c(c3C)C(=O)CC(c3ncco3)C4)co1)C2. The molecule has 242 valence electrons. The van der Waals surface area contributed by atoms with Crippen molar-refractivity contribution >= 4 is 29.5 Å². The number of furan rings is 1. The van der Waals surface area contributed by atoms with Gasteiger partial charge in [0.25, 0.3) is 5.88 Å². The van der Waals surface area contributed by atoms with Gasteiger partial charge in [-0.15, -0.1) is 0 Å². The number of aromatic amines is 1. The van der Waals surface area contributed by atoms with E-state index in [9.17, 15) is 19.2 Å². The molecular formula is C32H34N4O10. The molecule has 4 aromatic heterocycles. The van der Waals surface area contributed by atoms with Gasteiger partial charge in [0, 0.05) is 35.6 Å². The molecular weight excluding hydrogens is 600 g/mol. The monoisotopic (exact) mass is 634 g/mol. The summed E-state index contributed by atoms with van der Waals surface area (Å²) < 4.78 is 33.0. The molecule has 0 amide bonds. The topological polar surface area (TPSA) is 180 Å². The van der Waals surface area contributed by atoms with Crippen LogP contribution >= 0.6 is 0 Å². The molecule has 1 unspecified atom stereocenters. The van der Waals surface area contributed by atoms with Crippen molar-refractivity contribution in [2.24, 2.45) is 0 Å². The molecule has 0 aromatic carbocycles. The molecule has 0 spiro atoms. The molecule has 0 radical (unpaired) electrons. The van der Waals surface area contributed by atoms with E-state index in [0.717, 1.165) is 0 Å². The number of Topliss-reactive ketones (excluding diaryl/α,β-unsaturated/α-hetero) is 2. The van der Waals surface area contributed by atoms with Crippen LogP contribution in [0.15, 0.2) is 32.0 Å². The predicted molar refractivity (Wildman–Crippen MR) is 158 cm³/mol. The Hall–Kier alpha value is -5.14. The van der Waals surface area contributed by atoms with Crippen LogP contribution in [0, 0.1) is 13.8 Å². The Morgan fingerprint density at radius 1 is 0.978 bits per heavy atom. The summed E-state index contributed by atoms with van der Waals surface area (Å²) in [6.07, 6.45) is 6.77. The summed E-state index contributed by atoms with van der Waals surface area (Å²) in [5.41, 5.74) is 2.86. The van der Waals surface area contributed by atoms with Gasteiger partial charge in [0.05, 0.1) is 44.7 Å². The first-order chi connectivity index (χ1) is 22.2. The largest absolute Gasteiger partial charge is 0.475 e. The number of nitrogens with one attached hydrogen (secondary N) is 1. The van der Waals surface area contributed by atoms with Crippen molar-refractivity contribution in [3.05, 3.63) is 69.8 Å². The molecule has 4 aromatic rings. The van der Waals surface area contributed by atoms with Crippen molar-refractivity contribution in [2.45, 2.75) is 65.3 Å². The number of carbonyl (C=O) groups is 4. The summed E-state index contributed by atoms with van der Waals surface area (Å²) in [4.78, 5) is 64.0.